The molecule has 0 aliphatic rings. The van der Waals surface area contributed by atoms with E-state index in [1.54, 1.807) is 82.5 Å². The number of aromatic nitrogens is 3. The lowest BCUT2D eigenvalue weighted by Gasteiger charge is -2.20. The van der Waals surface area contributed by atoms with Crippen LogP contribution in [0.5, 0.6) is 5.88 Å². The molecule has 5 rings (SSSR count). The highest BCUT2D eigenvalue weighted by Crippen LogP contribution is 2.26. The fraction of sp³-hybridized carbons (Fsp3) is 0.257. The summed E-state index contributed by atoms with van der Waals surface area (Å²) in [7, 11) is 1.58. The minimum Gasteiger partial charge on any atom is -0.478 e. The number of hydrogen-bond acceptors (Lipinski definition) is 7. The molecule has 10 nitrogen and oxygen atoms in total. The van der Waals surface area contributed by atoms with E-state index in [9.17, 15) is 14.7 Å². The van der Waals surface area contributed by atoms with E-state index >= 15 is 4.39 Å². The number of anilines is 1. The van der Waals surface area contributed by atoms with Gasteiger partial charge in [0.15, 0.2) is 0 Å². The highest BCUT2D eigenvalue weighted by Gasteiger charge is 2.18. The molecule has 2 N–H and O–H groups in total. The van der Waals surface area contributed by atoms with Gasteiger partial charge in [0.2, 0.25) is 5.88 Å². The third-order valence-corrected chi connectivity index (χ3v) is 7.04. The molecule has 11 heteroatoms. The Labute approximate surface area is 265 Å². The number of benzene rings is 3. The van der Waals surface area contributed by atoms with Gasteiger partial charge in [-0.1, -0.05) is 36.4 Å². The molecule has 46 heavy (non-hydrogen) atoms. The third kappa shape index (κ3) is 7.86. The molecule has 2 heterocycles. The summed E-state index contributed by atoms with van der Waals surface area (Å²) in [6.07, 6.45) is -0.370. The number of imidazole rings is 1. The van der Waals surface area contributed by atoms with Crippen molar-refractivity contribution in [3.8, 4) is 17.1 Å². The van der Waals surface area contributed by atoms with Gasteiger partial charge in [0, 0.05) is 37.3 Å². The van der Waals surface area contributed by atoms with Crippen molar-refractivity contribution in [2.24, 2.45) is 0 Å². The van der Waals surface area contributed by atoms with Crippen LogP contribution in [0.1, 0.15) is 48.1 Å². The summed E-state index contributed by atoms with van der Waals surface area (Å²) in [5.74, 6) is -0.533. The van der Waals surface area contributed by atoms with Crippen molar-refractivity contribution >= 4 is 28.8 Å². The average molecular weight is 627 g/mol. The van der Waals surface area contributed by atoms with Crippen LogP contribution < -0.4 is 10.1 Å². The SMILES string of the molecule is COCCn1c(Cc2ccc(-c3cccc(OCc4ccccc4NC(=O)OC(C)(C)C)n3)cc2F)nc2ccc(C(=O)O)cc21. The molecular formula is C35H35FN4O6. The van der Waals surface area contributed by atoms with E-state index in [2.05, 4.69) is 15.3 Å². The molecule has 0 radical (unpaired) electrons. The van der Waals surface area contributed by atoms with Crippen molar-refractivity contribution < 1.29 is 33.3 Å². The smallest absolute Gasteiger partial charge is 0.412 e. The van der Waals surface area contributed by atoms with E-state index in [1.807, 2.05) is 16.7 Å². The summed E-state index contributed by atoms with van der Waals surface area (Å²) in [6.45, 7) is 6.33. The number of carbonyl (C=O) groups is 2. The van der Waals surface area contributed by atoms with Crippen LogP contribution in [-0.4, -0.2) is 51.0 Å². The number of rotatable bonds is 11. The maximum atomic E-state index is 15.5. The Morgan fingerprint density at radius 2 is 1.76 bits per heavy atom. The molecule has 0 bridgehead atoms. The molecule has 1 amide bonds. The number of ether oxygens (including phenoxy) is 3. The summed E-state index contributed by atoms with van der Waals surface area (Å²) in [6, 6.07) is 22.1. The van der Waals surface area contributed by atoms with Crippen LogP contribution >= 0.6 is 0 Å². The molecule has 0 fully saturated rings. The molecule has 2 aromatic heterocycles. The number of halogens is 1. The van der Waals surface area contributed by atoms with E-state index in [1.165, 1.54) is 12.1 Å². The number of carboxylic acids is 1. The van der Waals surface area contributed by atoms with E-state index in [-0.39, 0.29) is 18.6 Å². The van der Waals surface area contributed by atoms with Crippen LogP contribution in [0.3, 0.4) is 0 Å². The molecular weight excluding hydrogens is 591 g/mol. The standard InChI is InChI=1S/C35H35FN4O6/c1-35(2,3)46-34(43)39-28-9-6-5-8-25(28)21-45-32-11-7-10-27(38-32)23-13-12-22(26(36)18-23)20-31-37-29-15-14-24(33(41)42)19-30(29)40(31)16-17-44-4/h5-15,18-19H,16-17,20-21H2,1-4H3,(H,39,43)(H,41,42). The Morgan fingerprint density at radius 3 is 2.50 bits per heavy atom. The Morgan fingerprint density at radius 1 is 0.957 bits per heavy atom. The summed E-state index contributed by atoms with van der Waals surface area (Å²) in [4.78, 5) is 33.1. The summed E-state index contributed by atoms with van der Waals surface area (Å²) < 4.78 is 33.9. The first kappa shape index (κ1) is 32.1. The van der Waals surface area contributed by atoms with Crippen molar-refractivity contribution in [1.29, 1.82) is 0 Å². The van der Waals surface area contributed by atoms with Crippen LogP contribution in [-0.2, 0) is 29.0 Å². The predicted molar refractivity (Wildman–Crippen MR) is 172 cm³/mol. The highest BCUT2D eigenvalue weighted by molar-refractivity contribution is 5.92. The third-order valence-electron chi connectivity index (χ3n) is 7.04. The number of carbonyl (C=O) groups excluding carboxylic acids is 1. The minimum atomic E-state index is -1.03. The number of para-hydroxylation sites is 1. The second-order valence-electron chi connectivity index (χ2n) is 11.6. The number of methoxy groups -OCH3 is 1. The Balaban J connectivity index is 1.32. The number of nitrogens with one attached hydrogen (secondary N) is 1. The van der Waals surface area contributed by atoms with E-state index in [0.717, 1.165) is 5.56 Å². The van der Waals surface area contributed by atoms with E-state index in [4.69, 9.17) is 14.2 Å². The Kier molecular flexibility index (Phi) is 9.62. The maximum Gasteiger partial charge on any atom is 0.412 e. The topological polar surface area (TPSA) is 125 Å². The molecule has 0 spiro atoms. The molecule has 0 atom stereocenters. The van der Waals surface area contributed by atoms with Crippen LogP contribution in [0.4, 0.5) is 14.9 Å². The number of aromatic carboxylic acids is 1. The van der Waals surface area contributed by atoms with Gasteiger partial charge in [-0.3, -0.25) is 5.32 Å². The van der Waals surface area contributed by atoms with Gasteiger partial charge in [0.05, 0.1) is 34.6 Å². The first-order valence-corrected chi connectivity index (χ1v) is 14.7. The second kappa shape index (κ2) is 13.8. The fourth-order valence-electron chi connectivity index (χ4n) is 4.88. The summed E-state index contributed by atoms with van der Waals surface area (Å²) >= 11 is 0. The van der Waals surface area contributed by atoms with Gasteiger partial charge in [0.25, 0.3) is 0 Å². The van der Waals surface area contributed by atoms with Crippen molar-refractivity contribution in [3.63, 3.8) is 0 Å². The number of fused-ring (bicyclic) bond motifs is 1. The molecule has 3 aromatic carbocycles. The molecule has 0 saturated carbocycles. The second-order valence-corrected chi connectivity index (χ2v) is 11.6. The number of carboxylic acid groups (broad SMARTS) is 1. The zero-order valence-corrected chi connectivity index (χ0v) is 26.0. The van der Waals surface area contributed by atoms with Crippen molar-refractivity contribution in [2.45, 2.75) is 45.9 Å². The zero-order valence-electron chi connectivity index (χ0n) is 26.0. The Hall–Kier alpha value is -5.29. The molecule has 0 aliphatic heterocycles. The monoisotopic (exact) mass is 626 g/mol. The zero-order chi connectivity index (χ0) is 32.8. The lowest BCUT2D eigenvalue weighted by molar-refractivity contribution is 0.0633. The van der Waals surface area contributed by atoms with Gasteiger partial charge in [-0.25, -0.2) is 23.9 Å². The lowest BCUT2D eigenvalue weighted by Crippen LogP contribution is -2.27. The van der Waals surface area contributed by atoms with Crippen molar-refractivity contribution in [2.75, 3.05) is 19.0 Å². The van der Waals surface area contributed by atoms with Crippen molar-refractivity contribution in [3.05, 3.63) is 107 Å². The number of hydrogen-bond donors (Lipinski definition) is 2. The minimum absolute atomic E-state index is 0.133. The van der Waals surface area contributed by atoms with Crippen LogP contribution in [0, 0.1) is 5.82 Å². The van der Waals surface area contributed by atoms with Gasteiger partial charge < -0.3 is 23.9 Å². The van der Waals surface area contributed by atoms with Gasteiger partial charge in [0.1, 0.15) is 23.8 Å². The average Bonchev–Trinajstić information content (AvgIpc) is 3.35. The fourth-order valence-corrected chi connectivity index (χ4v) is 4.88. The van der Waals surface area contributed by atoms with Gasteiger partial charge in [-0.2, -0.15) is 0 Å². The van der Waals surface area contributed by atoms with Crippen LogP contribution in [0.2, 0.25) is 0 Å². The Bertz CT molecular complexity index is 1880. The van der Waals surface area contributed by atoms with Gasteiger partial charge in [-0.15, -0.1) is 0 Å². The number of pyridine rings is 1. The first-order chi connectivity index (χ1) is 22.0. The normalized spacial score (nSPS) is 11.4. The molecule has 5 aromatic rings. The maximum absolute atomic E-state index is 15.5. The van der Waals surface area contributed by atoms with Gasteiger partial charge >= 0.3 is 12.1 Å². The molecule has 0 saturated heterocycles. The van der Waals surface area contributed by atoms with Gasteiger partial charge in [-0.05, 0) is 62.7 Å². The summed E-state index contributed by atoms with van der Waals surface area (Å²) in [5.41, 5.74) is 3.59. The largest absolute Gasteiger partial charge is 0.478 e. The number of amides is 1. The quantitative estimate of drug-likeness (QED) is 0.159. The molecule has 0 aliphatic carbocycles. The van der Waals surface area contributed by atoms with Crippen molar-refractivity contribution in [1.82, 2.24) is 14.5 Å². The van der Waals surface area contributed by atoms with E-state index < -0.39 is 23.5 Å². The number of nitrogens with zero attached hydrogens (tertiary/aromatic N) is 3. The summed E-state index contributed by atoms with van der Waals surface area (Å²) in [5, 5.41) is 12.2. The first-order valence-electron chi connectivity index (χ1n) is 14.7. The van der Waals surface area contributed by atoms with Crippen LogP contribution in [0.25, 0.3) is 22.3 Å². The predicted octanol–water partition coefficient (Wildman–Crippen LogP) is 7.10. The van der Waals surface area contributed by atoms with E-state index in [0.29, 0.717) is 58.4 Å². The van der Waals surface area contributed by atoms with Crippen LogP contribution in [0.15, 0.2) is 78.9 Å². The molecule has 0 unspecified atom stereocenters. The lowest BCUT2D eigenvalue weighted by atomic mass is 10.1. The highest BCUT2D eigenvalue weighted by atomic mass is 19.1. The molecule has 238 valence electrons.